The molecule has 1 aliphatic rings. The maximum absolute atomic E-state index is 13.8. The fraction of sp³-hybridized carbons (Fsp3) is 0.250. The number of hydrogen-bond donors (Lipinski definition) is 1. The molecule has 0 fully saturated rings. The molecule has 2 N–H and O–H groups in total. The molecule has 0 saturated heterocycles. The normalized spacial score (nSPS) is 14.0. The summed E-state index contributed by atoms with van der Waals surface area (Å²) in [7, 11) is -2.27. The highest BCUT2D eigenvalue weighted by molar-refractivity contribution is 7.89. The van der Waals surface area contributed by atoms with Crippen LogP contribution in [-0.4, -0.2) is 22.1 Å². The molecule has 3 rings (SSSR count). The van der Waals surface area contributed by atoms with Crippen molar-refractivity contribution < 1.29 is 17.5 Å². The second-order valence-electron chi connectivity index (χ2n) is 5.48. The molecule has 23 heavy (non-hydrogen) atoms. The maximum Gasteiger partial charge on any atom is 0.238 e. The van der Waals surface area contributed by atoms with Crippen molar-refractivity contribution in [3.63, 3.8) is 0 Å². The van der Waals surface area contributed by atoms with Gasteiger partial charge in [-0.1, -0.05) is 6.07 Å². The highest BCUT2D eigenvalue weighted by atomic mass is 32.2. The Morgan fingerprint density at radius 2 is 2.04 bits per heavy atom. The first kappa shape index (κ1) is 15.8. The van der Waals surface area contributed by atoms with E-state index in [4.69, 9.17) is 9.88 Å². The van der Waals surface area contributed by atoms with Crippen molar-refractivity contribution in [2.24, 2.45) is 5.14 Å². The molecule has 0 atom stereocenters. The molecule has 0 spiro atoms. The van der Waals surface area contributed by atoms with Gasteiger partial charge in [0.1, 0.15) is 0 Å². The SMILES string of the molecule is COc1ccc(CN2CCc3cc(S(N)(=O)=O)ccc32)cc1F. The van der Waals surface area contributed by atoms with Crippen LogP contribution in [-0.2, 0) is 23.0 Å². The number of nitrogens with two attached hydrogens (primary N) is 1. The van der Waals surface area contributed by atoms with Crippen molar-refractivity contribution in [2.45, 2.75) is 17.9 Å². The lowest BCUT2D eigenvalue weighted by Gasteiger charge is -2.20. The third-order valence-corrected chi connectivity index (χ3v) is 4.87. The summed E-state index contributed by atoms with van der Waals surface area (Å²) < 4.78 is 41.5. The molecule has 0 aliphatic carbocycles. The Balaban J connectivity index is 1.84. The van der Waals surface area contributed by atoms with Crippen molar-refractivity contribution in [1.29, 1.82) is 0 Å². The number of halogens is 1. The predicted molar refractivity (Wildman–Crippen MR) is 85.5 cm³/mol. The van der Waals surface area contributed by atoms with Crippen LogP contribution < -0.4 is 14.8 Å². The molecule has 0 radical (unpaired) electrons. The number of fused-ring (bicyclic) bond motifs is 1. The van der Waals surface area contributed by atoms with Crippen molar-refractivity contribution in [1.82, 2.24) is 0 Å². The van der Waals surface area contributed by atoms with Crippen molar-refractivity contribution in [3.05, 3.63) is 53.3 Å². The minimum Gasteiger partial charge on any atom is -0.494 e. The molecular formula is C16H17FN2O3S. The van der Waals surface area contributed by atoms with Gasteiger partial charge in [-0.3, -0.25) is 0 Å². The van der Waals surface area contributed by atoms with Gasteiger partial charge in [-0.15, -0.1) is 0 Å². The van der Waals surface area contributed by atoms with E-state index in [9.17, 15) is 12.8 Å². The van der Waals surface area contributed by atoms with Crippen LogP contribution in [0.25, 0.3) is 0 Å². The van der Waals surface area contributed by atoms with Crippen molar-refractivity contribution >= 4 is 15.7 Å². The zero-order valence-electron chi connectivity index (χ0n) is 12.6. The largest absolute Gasteiger partial charge is 0.494 e. The third kappa shape index (κ3) is 3.16. The monoisotopic (exact) mass is 336 g/mol. The number of hydrogen-bond acceptors (Lipinski definition) is 4. The molecule has 1 heterocycles. The minimum absolute atomic E-state index is 0.119. The summed E-state index contributed by atoms with van der Waals surface area (Å²) in [5, 5.41) is 5.16. The zero-order valence-corrected chi connectivity index (χ0v) is 13.4. The molecule has 5 nitrogen and oxygen atoms in total. The molecular weight excluding hydrogens is 319 g/mol. The standard InChI is InChI=1S/C16H17FN2O3S/c1-22-16-5-2-11(8-14(16)17)10-19-7-6-12-9-13(23(18,20)21)3-4-15(12)19/h2-5,8-9H,6-7,10H2,1H3,(H2,18,20,21). The van der Waals surface area contributed by atoms with E-state index in [1.165, 1.54) is 19.2 Å². The van der Waals surface area contributed by atoms with Gasteiger partial charge in [-0.2, -0.15) is 0 Å². The van der Waals surface area contributed by atoms with Crippen LogP contribution in [0.15, 0.2) is 41.3 Å². The van der Waals surface area contributed by atoms with Gasteiger partial charge < -0.3 is 9.64 Å². The maximum atomic E-state index is 13.8. The summed E-state index contributed by atoms with van der Waals surface area (Å²) in [5.74, 6) is -0.178. The first-order valence-electron chi connectivity index (χ1n) is 7.11. The average molecular weight is 336 g/mol. The lowest BCUT2D eigenvalue weighted by Crippen LogP contribution is -2.19. The van der Waals surface area contributed by atoms with E-state index < -0.39 is 15.8 Å². The van der Waals surface area contributed by atoms with Gasteiger partial charge in [0.2, 0.25) is 10.0 Å². The Hall–Kier alpha value is -2.12. The van der Waals surface area contributed by atoms with Gasteiger partial charge in [0.15, 0.2) is 11.6 Å². The molecule has 0 saturated carbocycles. The quantitative estimate of drug-likeness (QED) is 0.927. The second kappa shape index (κ2) is 5.82. The van der Waals surface area contributed by atoms with Crippen LogP contribution in [0.1, 0.15) is 11.1 Å². The Kier molecular flexibility index (Phi) is 3.99. The number of sulfonamides is 1. The Morgan fingerprint density at radius 3 is 2.70 bits per heavy atom. The van der Waals surface area contributed by atoms with Crippen LogP contribution >= 0.6 is 0 Å². The summed E-state index contributed by atoms with van der Waals surface area (Å²) in [6.45, 7) is 1.29. The minimum atomic E-state index is -3.70. The van der Waals surface area contributed by atoms with Gasteiger partial charge in [0, 0.05) is 18.8 Å². The zero-order chi connectivity index (χ0) is 16.6. The van der Waals surface area contributed by atoms with Gasteiger partial charge in [0.05, 0.1) is 12.0 Å². The predicted octanol–water partition coefficient (Wildman–Crippen LogP) is 2.04. The van der Waals surface area contributed by atoms with Gasteiger partial charge in [0.25, 0.3) is 0 Å². The Labute approximate surface area is 134 Å². The molecule has 0 amide bonds. The highest BCUT2D eigenvalue weighted by Crippen LogP contribution is 2.31. The first-order valence-corrected chi connectivity index (χ1v) is 8.66. The lowest BCUT2D eigenvalue weighted by atomic mass is 10.1. The van der Waals surface area contributed by atoms with E-state index in [2.05, 4.69) is 4.90 Å². The summed E-state index contributed by atoms with van der Waals surface area (Å²) >= 11 is 0. The smallest absolute Gasteiger partial charge is 0.238 e. The van der Waals surface area contributed by atoms with E-state index in [1.54, 1.807) is 18.2 Å². The molecule has 0 aromatic heterocycles. The van der Waals surface area contributed by atoms with Gasteiger partial charge in [-0.25, -0.2) is 17.9 Å². The fourth-order valence-electron chi connectivity index (χ4n) is 2.82. The summed E-state index contributed by atoms with van der Waals surface area (Å²) in [6.07, 6.45) is 0.733. The van der Waals surface area contributed by atoms with Crippen LogP contribution in [0.4, 0.5) is 10.1 Å². The summed E-state index contributed by atoms with van der Waals surface area (Å²) in [4.78, 5) is 2.21. The highest BCUT2D eigenvalue weighted by Gasteiger charge is 2.21. The van der Waals surface area contributed by atoms with E-state index in [0.29, 0.717) is 6.54 Å². The molecule has 1 aliphatic heterocycles. The molecule has 122 valence electrons. The van der Waals surface area contributed by atoms with Crippen LogP contribution in [0.2, 0.25) is 0 Å². The number of primary sulfonamides is 1. The van der Waals surface area contributed by atoms with Gasteiger partial charge >= 0.3 is 0 Å². The van der Waals surface area contributed by atoms with Crippen molar-refractivity contribution in [3.8, 4) is 5.75 Å². The molecule has 2 aromatic rings. The summed E-state index contributed by atoms with van der Waals surface area (Å²) in [6, 6.07) is 9.74. The van der Waals surface area contributed by atoms with Crippen molar-refractivity contribution in [2.75, 3.05) is 18.6 Å². The number of nitrogens with zero attached hydrogens (tertiary/aromatic N) is 1. The third-order valence-electron chi connectivity index (χ3n) is 3.96. The van der Waals surface area contributed by atoms with Crippen LogP contribution in [0.3, 0.4) is 0 Å². The fourth-order valence-corrected chi connectivity index (χ4v) is 3.38. The van der Waals surface area contributed by atoms with E-state index in [-0.39, 0.29) is 10.6 Å². The number of benzene rings is 2. The van der Waals surface area contributed by atoms with Crippen LogP contribution in [0.5, 0.6) is 5.75 Å². The van der Waals surface area contributed by atoms with E-state index >= 15 is 0 Å². The Bertz CT molecular complexity index is 852. The molecule has 0 unspecified atom stereocenters. The average Bonchev–Trinajstić information content (AvgIpc) is 2.89. The molecule has 7 heteroatoms. The van der Waals surface area contributed by atoms with E-state index in [0.717, 1.165) is 29.8 Å². The number of rotatable bonds is 4. The lowest BCUT2D eigenvalue weighted by molar-refractivity contribution is 0.386. The summed E-state index contributed by atoms with van der Waals surface area (Å²) in [5.41, 5.74) is 2.71. The molecule has 0 bridgehead atoms. The number of anilines is 1. The number of ether oxygens (including phenoxy) is 1. The van der Waals surface area contributed by atoms with Crippen LogP contribution in [0, 0.1) is 5.82 Å². The Morgan fingerprint density at radius 1 is 1.26 bits per heavy atom. The first-order chi connectivity index (χ1) is 10.9. The second-order valence-corrected chi connectivity index (χ2v) is 7.04. The topological polar surface area (TPSA) is 72.6 Å². The number of methoxy groups -OCH3 is 1. The molecule has 2 aromatic carbocycles. The van der Waals surface area contributed by atoms with Gasteiger partial charge in [-0.05, 0) is 47.9 Å². The van der Waals surface area contributed by atoms with E-state index in [1.807, 2.05) is 6.07 Å².